The quantitative estimate of drug-likeness (QED) is 0.520. The van der Waals surface area contributed by atoms with Crippen molar-refractivity contribution in [1.82, 2.24) is 4.90 Å². The third-order valence-corrected chi connectivity index (χ3v) is 5.49. The summed E-state index contributed by atoms with van der Waals surface area (Å²) >= 11 is 0. The molecule has 0 radical (unpaired) electrons. The smallest absolute Gasteiger partial charge is 0.231 e. The molecule has 5 rings (SSSR count). The lowest BCUT2D eigenvalue weighted by atomic mass is 10.0. The summed E-state index contributed by atoms with van der Waals surface area (Å²) in [5.74, 6) is 1.93. The van der Waals surface area contributed by atoms with Gasteiger partial charge in [-0.1, -0.05) is 24.3 Å². The number of hydrogen-bond donors (Lipinski definition) is 0. The summed E-state index contributed by atoms with van der Waals surface area (Å²) in [6.45, 7) is 4.11. The van der Waals surface area contributed by atoms with Gasteiger partial charge in [0.05, 0.1) is 17.7 Å². The molecule has 0 saturated heterocycles. The molecule has 0 aliphatic carbocycles. The van der Waals surface area contributed by atoms with Crippen LogP contribution in [0.2, 0.25) is 0 Å². The minimum absolute atomic E-state index is 0.146. The molecule has 0 spiro atoms. The maximum atomic E-state index is 13.2. The zero-order chi connectivity index (χ0) is 22.1. The van der Waals surface area contributed by atoms with Crippen molar-refractivity contribution in [3.05, 3.63) is 94.5 Å². The Hall–Kier alpha value is -3.64. The van der Waals surface area contributed by atoms with Crippen LogP contribution in [0.5, 0.6) is 17.2 Å². The van der Waals surface area contributed by atoms with E-state index in [1.54, 1.807) is 24.3 Å². The van der Waals surface area contributed by atoms with Gasteiger partial charge in [-0.25, -0.2) is 4.39 Å². The van der Waals surface area contributed by atoms with Crippen LogP contribution in [0.25, 0.3) is 6.08 Å². The number of carbonyl (C=O) groups is 1. The van der Waals surface area contributed by atoms with E-state index >= 15 is 0 Å². The maximum Gasteiger partial charge on any atom is 0.231 e. The first-order valence-electron chi connectivity index (χ1n) is 10.5. The van der Waals surface area contributed by atoms with Crippen molar-refractivity contribution >= 4 is 11.9 Å². The number of hydrogen-bond acceptors (Lipinski definition) is 5. The molecule has 0 fully saturated rings. The van der Waals surface area contributed by atoms with E-state index in [2.05, 4.69) is 4.90 Å². The Morgan fingerprint density at radius 2 is 1.84 bits per heavy atom. The lowest BCUT2D eigenvalue weighted by Gasteiger charge is -2.29. The minimum Gasteiger partial charge on any atom is -0.494 e. The Bertz CT molecular complexity index is 1190. The Labute approximate surface area is 185 Å². The highest BCUT2D eigenvalue weighted by Crippen LogP contribution is 2.42. The van der Waals surface area contributed by atoms with E-state index in [1.165, 1.54) is 12.1 Å². The Kier molecular flexibility index (Phi) is 5.37. The molecule has 3 aromatic carbocycles. The molecule has 0 amide bonds. The average molecular weight is 431 g/mol. The van der Waals surface area contributed by atoms with Crippen LogP contribution < -0.4 is 14.2 Å². The van der Waals surface area contributed by atoms with Crippen molar-refractivity contribution in [3.8, 4) is 17.2 Å². The molecule has 5 nitrogen and oxygen atoms in total. The molecular weight excluding hydrogens is 409 g/mol. The number of rotatable bonds is 5. The fourth-order valence-corrected chi connectivity index (χ4v) is 3.93. The maximum absolute atomic E-state index is 13.2. The largest absolute Gasteiger partial charge is 0.494 e. The molecule has 3 aromatic rings. The van der Waals surface area contributed by atoms with E-state index in [1.807, 2.05) is 37.3 Å². The first-order chi connectivity index (χ1) is 15.6. The number of ether oxygens (including phenoxy) is 3. The van der Waals surface area contributed by atoms with E-state index in [0.29, 0.717) is 43.5 Å². The molecule has 0 aromatic heterocycles. The van der Waals surface area contributed by atoms with Gasteiger partial charge in [-0.3, -0.25) is 9.69 Å². The molecule has 32 heavy (non-hydrogen) atoms. The van der Waals surface area contributed by atoms with Crippen molar-refractivity contribution < 1.29 is 23.4 Å². The normalized spacial score (nSPS) is 16.3. The third kappa shape index (κ3) is 3.97. The molecule has 2 heterocycles. The van der Waals surface area contributed by atoms with E-state index < -0.39 is 0 Å². The van der Waals surface area contributed by atoms with Crippen LogP contribution in [0.4, 0.5) is 4.39 Å². The zero-order valence-electron chi connectivity index (χ0n) is 17.6. The van der Waals surface area contributed by atoms with Crippen molar-refractivity contribution in [1.29, 1.82) is 0 Å². The number of carbonyl (C=O) groups excluding carboxylic acids is 1. The predicted octanol–water partition coefficient (Wildman–Crippen LogP) is 5.19. The van der Waals surface area contributed by atoms with Gasteiger partial charge in [-0.15, -0.1) is 0 Å². The fourth-order valence-electron chi connectivity index (χ4n) is 3.93. The van der Waals surface area contributed by atoms with Crippen molar-refractivity contribution in [3.63, 3.8) is 0 Å². The molecule has 2 aliphatic heterocycles. The second-order valence-electron chi connectivity index (χ2n) is 7.75. The zero-order valence-corrected chi connectivity index (χ0v) is 17.6. The number of benzene rings is 3. The molecule has 0 N–H and O–H groups in total. The van der Waals surface area contributed by atoms with Gasteiger partial charge in [-0.05, 0) is 60.5 Å². The average Bonchev–Trinajstić information content (AvgIpc) is 3.12. The second-order valence-corrected chi connectivity index (χ2v) is 7.75. The topological polar surface area (TPSA) is 48.0 Å². The molecule has 0 bridgehead atoms. The first-order valence-corrected chi connectivity index (χ1v) is 10.5. The van der Waals surface area contributed by atoms with Gasteiger partial charge in [0.2, 0.25) is 5.78 Å². The predicted molar refractivity (Wildman–Crippen MR) is 118 cm³/mol. The highest BCUT2D eigenvalue weighted by Gasteiger charge is 2.33. The van der Waals surface area contributed by atoms with Crippen LogP contribution in [-0.2, 0) is 13.1 Å². The summed E-state index contributed by atoms with van der Waals surface area (Å²) in [7, 11) is 0. The fraction of sp³-hybridized carbons (Fsp3) is 0.192. The van der Waals surface area contributed by atoms with Crippen LogP contribution in [-0.4, -0.2) is 24.0 Å². The summed E-state index contributed by atoms with van der Waals surface area (Å²) in [4.78, 5) is 15.0. The monoisotopic (exact) mass is 431 g/mol. The number of allylic oxidation sites excluding steroid dienone is 1. The van der Waals surface area contributed by atoms with Crippen LogP contribution in [0.1, 0.15) is 34.0 Å². The summed E-state index contributed by atoms with van der Waals surface area (Å²) in [6.07, 6.45) is 1.74. The number of ketones is 1. The molecule has 0 atom stereocenters. The van der Waals surface area contributed by atoms with Gasteiger partial charge in [0.15, 0.2) is 5.76 Å². The molecule has 162 valence electrons. The van der Waals surface area contributed by atoms with Crippen LogP contribution in [0, 0.1) is 5.82 Å². The van der Waals surface area contributed by atoms with Gasteiger partial charge >= 0.3 is 0 Å². The van der Waals surface area contributed by atoms with Crippen LogP contribution in [0.15, 0.2) is 66.4 Å². The highest BCUT2D eigenvalue weighted by atomic mass is 19.1. The molecule has 0 saturated carbocycles. The number of fused-ring (bicyclic) bond motifs is 3. The van der Waals surface area contributed by atoms with Gasteiger partial charge in [0.25, 0.3) is 0 Å². The molecular formula is C26H22FNO4. The van der Waals surface area contributed by atoms with Gasteiger partial charge in [0, 0.05) is 13.1 Å². The third-order valence-electron chi connectivity index (χ3n) is 5.49. The Balaban J connectivity index is 1.37. The number of Topliss-reactive ketones (excluding diaryl/α,β-unsaturated/α-hetero) is 1. The minimum atomic E-state index is -0.259. The highest BCUT2D eigenvalue weighted by molar-refractivity contribution is 6.15. The summed E-state index contributed by atoms with van der Waals surface area (Å²) in [5.41, 5.74) is 3.22. The number of nitrogens with zero attached hydrogens (tertiary/aromatic N) is 1. The Morgan fingerprint density at radius 1 is 1.06 bits per heavy atom. The summed E-state index contributed by atoms with van der Waals surface area (Å²) in [5, 5.41) is 0. The first kappa shape index (κ1) is 20.3. The van der Waals surface area contributed by atoms with E-state index in [0.717, 1.165) is 22.4 Å². The van der Waals surface area contributed by atoms with Gasteiger partial charge in [0.1, 0.15) is 29.8 Å². The molecule has 0 unspecified atom stereocenters. The summed E-state index contributed by atoms with van der Waals surface area (Å²) in [6, 6.07) is 17.5. The van der Waals surface area contributed by atoms with Gasteiger partial charge < -0.3 is 14.2 Å². The molecule has 2 aliphatic rings. The van der Waals surface area contributed by atoms with Crippen molar-refractivity contribution in [2.24, 2.45) is 0 Å². The Morgan fingerprint density at radius 3 is 2.59 bits per heavy atom. The molecule has 6 heteroatoms. The van der Waals surface area contributed by atoms with E-state index in [9.17, 15) is 9.18 Å². The van der Waals surface area contributed by atoms with Gasteiger partial charge in [-0.2, -0.15) is 0 Å². The van der Waals surface area contributed by atoms with Crippen LogP contribution in [0.3, 0.4) is 0 Å². The van der Waals surface area contributed by atoms with E-state index in [4.69, 9.17) is 14.2 Å². The lowest BCUT2D eigenvalue weighted by Crippen LogP contribution is -2.31. The van der Waals surface area contributed by atoms with Crippen LogP contribution >= 0.6 is 0 Å². The SMILES string of the molecule is CCOc1ccc(/C=C2\Oc3c(ccc4c3CN(Cc3ccc(F)cc3)CO4)C2=O)cc1. The standard InChI is InChI=1S/C26H22FNO4/c1-2-30-20-9-5-17(6-10-20)13-24-25(29)21-11-12-23-22(26(21)32-24)15-28(16-31-23)14-18-3-7-19(27)8-4-18/h3-13H,2,14-16H2,1H3/b24-13-. The van der Waals surface area contributed by atoms with Crippen molar-refractivity contribution in [2.75, 3.05) is 13.3 Å². The van der Waals surface area contributed by atoms with E-state index in [-0.39, 0.29) is 17.4 Å². The number of halogens is 1. The second kappa shape index (κ2) is 8.48. The lowest BCUT2D eigenvalue weighted by molar-refractivity contribution is 0.0872. The summed E-state index contributed by atoms with van der Waals surface area (Å²) < 4.78 is 30.6. The van der Waals surface area contributed by atoms with Crippen molar-refractivity contribution in [2.45, 2.75) is 20.0 Å².